The largest absolute Gasteiger partial charge is 0.465 e. The van der Waals surface area contributed by atoms with Gasteiger partial charge in [-0.05, 0) is 31.9 Å². The summed E-state index contributed by atoms with van der Waals surface area (Å²) >= 11 is 5.51. The minimum atomic E-state index is 0.0502. The number of carbonyl (C=O) groups excluding carboxylic acids is 1. The van der Waals surface area contributed by atoms with Crippen molar-refractivity contribution in [2.75, 3.05) is 5.88 Å². The SMILES string of the molecule is Cc1ccc(CNC(=O)CCCCCl)o1. The van der Waals surface area contributed by atoms with E-state index in [0.717, 1.165) is 24.4 Å². The highest BCUT2D eigenvalue weighted by Crippen LogP contribution is 2.05. The van der Waals surface area contributed by atoms with E-state index in [1.807, 2.05) is 19.1 Å². The molecule has 0 radical (unpaired) electrons. The Morgan fingerprint density at radius 3 is 2.87 bits per heavy atom. The molecule has 0 fully saturated rings. The van der Waals surface area contributed by atoms with Crippen LogP contribution in [0.2, 0.25) is 0 Å². The normalized spacial score (nSPS) is 10.3. The molecule has 0 saturated heterocycles. The van der Waals surface area contributed by atoms with Crippen LogP contribution in [0.4, 0.5) is 0 Å². The molecule has 15 heavy (non-hydrogen) atoms. The first kappa shape index (κ1) is 12.1. The van der Waals surface area contributed by atoms with Crippen LogP contribution in [-0.2, 0) is 11.3 Å². The first-order valence-electron chi connectivity index (χ1n) is 5.10. The molecule has 0 aromatic carbocycles. The summed E-state index contributed by atoms with van der Waals surface area (Å²) in [6.07, 6.45) is 2.26. The van der Waals surface area contributed by atoms with E-state index in [9.17, 15) is 4.79 Å². The quantitative estimate of drug-likeness (QED) is 0.602. The van der Waals surface area contributed by atoms with Crippen molar-refractivity contribution in [3.05, 3.63) is 23.7 Å². The van der Waals surface area contributed by atoms with Crippen molar-refractivity contribution in [1.29, 1.82) is 0 Å². The van der Waals surface area contributed by atoms with Gasteiger partial charge in [0.1, 0.15) is 11.5 Å². The molecule has 0 aliphatic rings. The number of hydrogen-bond donors (Lipinski definition) is 1. The van der Waals surface area contributed by atoms with Gasteiger partial charge in [-0.3, -0.25) is 4.79 Å². The fraction of sp³-hybridized carbons (Fsp3) is 0.545. The van der Waals surface area contributed by atoms with Gasteiger partial charge >= 0.3 is 0 Å². The van der Waals surface area contributed by atoms with Gasteiger partial charge < -0.3 is 9.73 Å². The highest BCUT2D eigenvalue weighted by molar-refractivity contribution is 6.17. The Labute approximate surface area is 94.8 Å². The Bertz CT molecular complexity index is 309. The van der Waals surface area contributed by atoms with Crippen LogP contribution in [-0.4, -0.2) is 11.8 Å². The van der Waals surface area contributed by atoms with Gasteiger partial charge in [0, 0.05) is 12.3 Å². The first-order chi connectivity index (χ1) is 7.22. The summed E-state index contributed by atoms with van der Waals surface area (Å²) in [5, 5.41) is 2.80. The van der Waals surface area contributed by atoms with E-state index in [1.54, 1.807) is 0 Å². The summed E-state index contributed by atoms with van der Waals surface area (Å²) < 4.78 is 5.32. The third-order valence-electron chi connectivity index (χ3n) is 2.04. The lowest BCUT2D eigenvalue weighted by atomic mass is 10.2. The zero-order valence-electron chi connectivity index (χ0n) is 8.88. The van der Waals surface area contributed by atoms with Crippen LogP contribution in [0, 0.1) is 6.92 Å². The number of halogens is 1. The maximum atomic E-state index is 11.3. The average molecular weight is 230 g/mol. The number of rotatable bonds is 6. The fourth-order valence-corrected chi connectivity index (χ4v) is 1.42. The third kappa shape index (κ3) is 4.88. The van der Waals surface area contributed by atoms with Crippen LogP contribution >= 0.6 is 11.6 Å². The van der Waals surface area contributed by atoms with E-state index in [0.29, 0.717) is 18.8 Å². The van der Waals surface area contributed by atoms with E-state index >= 15 is 0 Å². The Morgan fingerprint density at radius 1 is 1.47 bits per heavy atom. The predicted octanol–water partition coefficient (Wildman–Crippen LogP) is 2.61. The topological polar surface area (TPSA) is 42.2 Å². The summed E-state index contributed by atoms with van der Waals surface area (Å²) in [4.78, 5) is 11.3. The molecule has 0 aliphatic carbocycles. The molecule has 4 heteroatoms. The van der Waals surface area contributed by atoms with Gasteiger partial charge in [-0.2, -0.15) is 0 Å². The molecule has 0 saturated carbocycles. The number of carbonyl (C=O) groups is 1. The fourth-order valence-electron chi connectivity index (χ4n) is 1.23. The molecule has 84 valence electrons. The molecule has 0 unspecified atom stereocenters. The third-order valence-corrected chi connectivity index (χ3v) is 2.31. The maximum Gasteiger partial charge on any atom is 0.220 e. The second-order valence-corrected chi connectivity index (χ2v) is 3.81. The maximum absolute atomic E-state index is 11.3. The first-order valence-corrected chi connectivity index (χ1v) is 5.64. The summed E-state index contributed by atoms with van der Waals surface area (Å²) in [5.41, 5.74) is 0. The molecule has 1 aromatic rings. The van der Waals surface area contributed by atoms with Gasteiger partial charge in [0.25, 0.3) is 0 Å². The van der Waals surface area contributed by atoms with E-state index in [-0.39, 0.29) is 5.91 Å². The van der Waals surface area contributed by atoms with Crippen molar-refractivity contribution in [2.45, 2.75) is 32.7 Å². The Hall–Kier alpha value is -0.960. The van der Waals surface area contributed by atoms with E-state index in [1.165, 1.54) is 0 Å². The lowest BCUT2D eigenvalue weighted by Crippen LogP contribution is -2.22. The second kappa shape index (κ2) is 6.51. The van der Waals surface area contributed by atoms with Crippen molar-refractivity contribution < 1.29 is 9.21 Å². The molecule has 0 aliphatic heterocycles. The molecule has 3 nitrogen and oxygen atoms in total. The lowest BCUT2D eigenvalue weighted by Gasteiger charge is -2.02. The van der Waals surface area contributed by atoms with E-state index < -0.39 is 0 Å². The number of hydrogen-bond acceptors (Lipinski definition) is 2. The molecule has 1 N–H and O–H groups in total. The average Bonchev–Trinajstić information content (AvgIpc) is 2.62. The van der Waals surface area contributed by atoms with Crippen molar-refractivity contribution in [3.8, 4) is 0 Å². The van der Waals surface area contributed by atoms with Crippen LogP contribution in [0.3, 0.4) is 0 Å². The van der Waals surface area contributed by atoms with Crippen LogP contribution in [0.25, 0.3) is 0 Å². The second-order valence-electron chi connectivity index (χ2n) is 3.44. The molecular formula is C11H16ClNO2. The smallest absolute Gasteiger partial charge is 0.220 e. The van der Waals surface area contributed by atoms with Crippen molar-refractivity contribution in [2.24, 2.45) is 0 Å². The monoisotopic (exact) mass is 229 g/mol. The Morgan fingerprint density at radius 2 is 2.27 bits per heavy atom. The minimum Gasteiger partial charge on any atom is -0.465 e. The van der Waals surface area contributed by atoms with E-state index in [4.69, 9.17) is 16.0 Å². The van der Waals surface area contributed by atoms with Gasteiger partial charge in [-0.1, -0.05) is 0 Å². The molecular weight excluding hydrogens is 214 g/mol. The van der Waals surface area contributed by atoms with Gasteiger partial charge in [-0.25, -0.2) is 0 Å². The molecule has 0 atom stereocenters. The van der Waals surface area contributed by atoms with Crippen molar-refractivity contribution >= 4 is 17.5 Å². The molecule has 1 aromatic heterocycles. The van der Waals surface area contributed by atoms with Gasteiger partial charge in [0.15, 0.2) is 0 Å². The zero-order valence-corrected chi connectivity index (χ0v) is 9.64. The summed E-state index contributed by atoms with van der Waals surface area (Å²) in [6, 6.07) is 3.75. The molecule has 0 bridgehead atoms. The standard InChI is InChI=1S/C11H16ClNO2/c1-9-5-6-10(15-9)8-13-11(14)4-2-3-7-12/h5-6H,2-4,7-8H2,1H3,(H,13,14). The highest BCUT2D eigenvalue weighted by Gasteiger charge is 2.02. The Kier molecular flexibility index (Phi) is 5.26. The van der Waals surface area contributed by atoms with Crippen molar-refractivity contribution in [1.82, 2.24) is 5.32 Å². The highest BCUT2D eigenvalue weighted by atomic mass is 35.5. The molecule has 0 spiro atoms. The van der Waals surface area contributed by atoms with Gasteiger partial charge in [-0.15, -0.1) is 11.6 Å². The van der Waals surface area contributed by atoms with Crippen molar-refractivity contribution in [3.63, 3.8) is 0 Å². The van der Waals surface area contributed by atoms with E-state index in [2.05, 4.69) is 5.32 Å². The summed E-state index contributed by atoms with van der Waals surface area (Å²) in [7, 11) is 0. The van der Waals surface area contributed by atoms with Crippen LogP contribution in [0.15, 0.2) is 16.5 Å². The molecule has 1 amide bonds. The van der Waals surface area contributed by atoms with Crippen LogP contribution in [0.5, 0.6) is 0 Å². The van der Waals surface area contributed by atoms with Gasteiger partial charge in [0.2, 0.25) is 5.91 Å². The van der Waals surface area contributed by atoms with Gasteiger partial charge in [0.05, 0.1) is 6.54 Å². The molecule has 1 heterocycles. The lowest BCUT2D eigenvalue weighted by molar-refractivity contribution is -0.121. The molecule has 1 rings (SSSR count). The number of aryl methyl sites for hydroxylation is 1. The van der Waals surface area contributed by atoms with Crippen LogP contribution < -0.4 is 5.32 Å². The number of nitrogens with one attached hydrogen (secondary N) is 1. The number of amides is 1. The minimum absolute atomic E-state index is 0.0502. The zero-order chi connectivity index (χ0) is 11.1. The number of furan rings is 1. The number of unbranched alkanes of at least 4 members (excludes halogenated alkanes) is 1. The van der Waals surface area contributed by atoms with Crippen LogP contribution in [0.1, 0.15) is 30.8 Å². The number of alkyl halides is 1. The summed E-state index contributed by atoms with van der Waals surface area (Å²) in [6.45, 7) is 2.35. The Balaban J connectivity index is 2.16. The predicted molar refractivity (Wildman–Crippen MR) is 59.9 cm³/mol. The summed E-state index contributed by atoms with van der Waals surface area (Å²) in [5.74, 6) is 2.32.